The van der Waals surface area contributed by atoms with Gasteiger partial charge in [-0.3, -0.25) is 4.79 Å². The molecule has 0 saturated carbocycles. The first kappa shape index (κ1) is 13.1. The third kappa shape index (κ3) is 2.93. The topological polar surface area (TPSA) is 61.9 Å². The molecular weight excluding hydrogens is 234 g/mol. The summed E-state index contributed by atoms with van der Waals surface area (Å²) in [6.45, 7) is 5.59. The normalized spacial score (nSPS) is 21.3. The van der Waals surface area contributed by atoms with Crippen molar-refractivity contribution < 1.29 is 14.3 Å². The summed E-state index contributed by atoms with van der Waals surface area (Å²) in [6.07, 6.45) is 1.73. The standard InChI is InChI=1S/C12H21N3O3/c1-2-18-9-11(16)14-6-3-10(4-7-14)15-8-5-13-12(15)17/h10H,2-9H2,1H3,(H,13,17). The van der Waals surface area contributed by atoms with Gasteiger partial charge in [0.15, 0.2) is 0 Å². The van der Waals surface area contributed by atoms with Crippen molar-refractivity contribution in [3.8, 4) is 0 Å². The molecule has 0 bridgehead atoms. The van der Waals surface area contributed by atoms with Gasteiger partial charge in [0.25, 0.3) is 0 Å². The Hall–Kier alpha value is -1.30. The van der Waals surface area contributed by atoms with Gasteiger partial charge in [0.05, 0.1) is 0 Å². The van der Waals surface area contributed by atoms with E-state index in [9.17, 15) is 9.59 Å². The second kappa shape index (κ2) is 6.04. The Balaban J connectivity index is 1.77. The third-order valence-corrected chi connectivity index (χ3v) is 3.58. The number of carbonyl (C=O) groups excluding carboxylic acids is 2. The van der Waals surface area contributed by atoms with Crippen molar-refractivity contribution in [2.45, 2.75) is 25.8 Å². The lowest BCUT2D eigenvalue weighted by Crippen LogP contribution is -2.48. The van der Waals surface area contributed by atoms with Crippen LogP contribution in [0.4, 0.5) is 4.79 Å². The fourth-order valence-corrected chi connectivity index (χ4v) is 2.54. The molecule has 2 aliphatic rings. The Kier molecular flexibility index (Phi) is 4.41. The number of ether oxygens (including phenoxy) is 1. The summed E-state index contributed by atoms with van der Waals surface area (Å²) in [5.74, 6) is 0.0566. The van der Waals surface area contributed by atoms with Crippen LogP contribution in [0.5, 0.6) is 0 Å². The molecule has 1 N–H and O–H groups in total. The van der Waals surface area contributed by atoms with Crippen LogP contribution in [-0.4, -0.2) is 67.2 Å². The average Bonchev–Trinajstić information content (AvgIpc) is 2.82. The third-order valence-electron chi connectivity index (χ3n) is 3.58. The van der Waals surface area contributed by atoms with Gasteiger partial charge in [-0.2, -0.15) is 0 Å². The predicted molar refractivity (Wildman–Crippen MR) is 66.2 cm³/mol. The lowest BCUT2D eigenvalue weighted by Gasteiger charge is -2.36. The number of urea groups is 1. The molecule has 0 aromatic rings. The predicted octanol–water partition coefficient (Wildman–Crippen LogP) is 0.0391. The zero-order valence-corrected chi connectivity index (χ0v) is 10.9. The molecule has 0 aromatic heterocycles. The number of hydrogen-bond donors (Lipinski definition) is 1. The van der Waals surface area contributed by atoms with E-state index >= 15 is 0 Å². The van der Waals surface area contributed by atoms with E-state index < -0.39 is 0 Å². The molecule has 102 valence electrons. The first-order valence-electron chi connectivity index (χ1n) is 6.62. The smallest absolute Gasteiger partial charge is 0.317 e. The molecule has 0 unspecified atom stereocenters. The Labute approximate surface area is 107 Å². The van der Waals surface area contributed by atoms with Crippen LogP contribution in [0.25, 0.3) is 0 Å². The highest BCUT2D eigenvalue weighted by molar-refractivity contribution is 5.78. The number of nitrogens with one attached hydrogen (secondary N) is 1. The zero-order chi connectivity index (χ0) is 13.0. The molecule has 6 nitrogen and oxygen atoms in total. The highest BCUT2D eigenvalue weighted by Crippen LogP contribution is 2.18. The first-order valence-corrected chi connectivity index (χ1v) is 6.62. The van der Waals surface area contributed by atoms with Crippen LogP contribution >= 0.6 is 0 Å². The lowest BCUT2D eigenvalue weighted by atomic mass is 10.0. The minimum absolute atomic E-state index is 0.0362. The number of piperidine rings is 1. The fourth-order valence-electron chi connectivity index (χ4n) is 2.54. The van der Waals surface area contributed by atoms with Crippen LogP contribution in [-0.2, 0) is 9.53 Å². The van der Waals surface area contributed by atoms with E-state index in [1.165, 1.54) is 0 Å². The number of amides is 3. The maximum atomic E-state index is 11.8. The number of rotatable bonds is 4. The van der Waals surface area contributed by atoms with Crippen molar-refractivity contribution in [2.75, 3.05) is 39.4 Å². The monoisotopic (exact) mass is 255 g/mol. The molecular formula is C12H21N3O3. The van der Waals surface area contributed by atoms with Gasteiger partial charge in [-0.15, -0.1) is 0 Å². The Morgan fingerprint density at radius 3 is 2.67 bits per heavy atom. The first-order chi connectivity index (χ1) is 8.72. The molecule has 0 radical (unpaired) electrons. The largest absolute Gasteiger partial charge is 0.372 e. The molecule has 0 aliphatic carbocycles. The average molecular weight is 255 g/mol. The van der Waals surface area contributed by atoms with E-state index in [2.05, 4.69) is 5.32 Å². The van der Waals surface area contributed by atoms with Gasteiger partial charge in [0.2, 0.25) is 5.91 Å². The van der Waals surface area contributed by atoms with E-state index in [0.717, 1.165) is 39.0 Å². The van der Waals surface area contributed by atoms with E-state index in [0.29, 0.717) is 6.61 Å². The van der Waals surface area contributed by atoms with Crippen molar-refractivity contribution in [1.82, 2.24) is 15.1 Å². The SMILES string of the molecule is CCOCC(=O)N1CCC(N2CCNC2=O)CC1. The summed E-state index contributed by atoms with van der Waals surface area (Å²) in [4.78, 5) is 27.0. The Morgan fingerprint density at radius 2 is 2.11 bits per heavy atom. The lowest BCUT2D eigenvalue weighted by molar-refractivity contribution is -0.137. The molecule has 2 fully saturated rings. The van der Waals surface area contributed by atoms with Gasteiger partial charge in [-0.1, -0.05) is 0 Å². The maximum Gasteiger partial charge on any atom is 0.317 e. The number of hydrogen-bond acceptors (Lipinski definition) is 3. The molecule has 2 saturated heterocycles. The molecule has 2 heterocycles. The number of carbonyl (C=O) groups is 2. The second-order valence-electron chi connectivity index (χ2n) is 4.67. The number of likely N-dealkylation sites (tertiary alicyclic amines) is 1. The molecule has 0 aromatic carbocycles. The van der Waals surface area contributed by atoms with Crippen molar-refractivity contribution in [3.05, 3.63) is 0 Å². The van der Waals surface area contributed by atoms with E-state index in [4.69, 9.17) is 4.74 Å². The van der Waals surface area contributed by atoms with Crippen molar-refractivity contribution in [2.24, 2.45) is 0 Å². The highest BCUT2D eigenvalue weighted by Gasteiger charge is 2.31. The summed E-state index contributed by atoms with van der Waals surface area (Å²) >= 11 is 0. The van der Waals surface area contributed by atoms with Crippen molar-refractivity contribution in [3.63, 3.8) is 0 Å². The van der Waals surface area contributed by atoms with Gasteiger partial charge < -0.3 is 19.9 Å². The molecule has 2 aliphatic heterocycles. The summed E-state index contributed by atoms with van der Waals surface area (Å²) in [5.41, 5.74) is 0. The minimum Gasteiger partial charge on any atom is -0.372 e. The minimum atomic E-state index is 0.0362. The summed E-state index contributed by atoms with van der Waals surface area (Å²) in [5, 5.41) is 2.82. The summed E-state index contributed by atoms with van der Waals surface area (Å²) in [7, 11) is 0. The molecule has 0 atom stereocenters. The van der Waals surface area contributed by atoms with Crippen molar-refractivity contribution >= 4 is 11.9 Å². The van der Waals surface area contributed by atoms with Crippen LogP contribution in [0, 0.1) is 0 Å². The fraction of sp³-hybridized carbons (Fsp3) is 0.833. The van der Waals surface area contributed by atoms with Gasteiger partial charge >= 0.3 is 6.03 Å². The van der Waals surface area contributed by atoms with Crippen LogP contribution in [0.1, 0.15) is 19.8 Å². The molecule has 18 heavy (non-hydrogen) atoms. The Bertz CT molecular complexity index is 314. The maximum absolute atomic E-state index is 11.8. The molecule has 2 rings (SSSR count). The van der Waals surface area contributed by atoms with Gasteiger partial charge in [0.1, 0.15) is 6.61 Å². The molecule has 3 amide bonds. The molecule has 0 spiro atoms. The van der Waals surface area contributed by atoms with Crippen LogP contribution in [0.2, 0.25) is 0 Å². The van der Waals surface area contributed by atoms with Crippen molar-refractivity contribution in [1.29, 1.82) is 0 Å². The summed E-state index contributed by atoms with van der Waals surface area (Å²) in [6, 6.07) is 0.317. The second-order valence-corrected chi connectivity index (χ2v) is 4.67. The van der Waals surface area contributed by atoms with E-state index in [-0.39, 0.29) is 24.6 Å². The Morgan fingerprint density at radius 1 is 1.39 bits per heavy atom. The summed E-state index contributed by atoms with van der Waals surface area (Å²) < 4.78 is 5.13. The zero-order valence-electron chi connectivity index (χ0n) is 10.9. The van der Waals surface area contributed by atoms with Crippen LogP contribution < -0.4 is 5.32 Å². The van der Waals surface area contributed by atoms with Crippen LogP contribution in [0.15, 0.2) is 0 Å². The quantitative estimate of drug-likeness (QED) is 0.771. The van der Waals surface area contributed by atoms with Gasteiger partial charge in [0, 0.05) is 38.8 Å². The number of nitrogens with zero attached hydrogens (tertiary/aromatic N) is 2. The van der Waals surface area contributed by atoms with Gasteiger partial charge in [-0.05, 0) is 19.8 Å². The van der Waals surface area contributed by atoms with Gasteiger partial charge in [-0.25, -0.2) is 4.79 Å². The van der Waals surface area contributed by atoms with E-state index in [1.807, 2.05) is 16.7 Å². The molecule has 6 heteroatoms. The van der Waals surface area contributed by atoms with Crippen LogP contribution in [0.3, 0.4) is 0 Å². The van der Waals surface area contributed by atoms with E-state index in [1.54, 1.807) is 0 Å². The highest BCUT2D eigenvalue weighted by atomic mass is 16.5.